The number of nitrogens with zero attached hydrogens (tertiary/aromatic N) is 2. The molecule has 2 N–H and O–H groups in total. The summed E-state index contributed by atoms with van der Waals surface area (Å²) < 4.78 is 2.72. The molecule has 20 heavy (non-hydrogen) atoms. The van der Waals surface area contributed by atoms with Crippen LogP contribution < -0.4 is 5.73 Å². The number of nitrogens with two attached hydrogens (primary N) is 1. The maximum atomic E-state index is 6.18. The van der Waals surface area contributed by atoms with Crippen LogP contribution in [0.2, 0.25) is 5.02 Å². The van der Waals surface area contributed by atoms with Crippen LogP contribution >= 0.6 is 27.5 Å². The lowest BCUT2D eigenvalue weighted by atomic mass is 10.1. The van der Waals surface area contributed by atoms with Gasteiger partial charge in [0.1, 0.15) is 5.69 Å². The Hall–Kier alpha value is -1.78. The first-order valence-electron chi connectivity index (χ1n) is 6.01. The predicted octanol–water partition coefficient (Wildman–Crippen LogP) is 4.54. The zero-order valence-electron chi connectivity index (χ0n) is 10.4. The maximum Gasteiger partial charge on any atom is 0.116 e. The molecule has 3 rings (SSSR count). The molecule has 0 aliphatic heterocycles. The number of nitrogen functional groups attached to an aromatic ring is 1. The summed E-state index contributed by atoms with van der Waals surface area (Å²) in [6.45, 7) is 0. The van der Waals surface area contributed by atoms with Crippen molar-refractivity contribution in [3.8, 4) is 16.9 Å². The minimum Gasteiger partial charge on any atom is -0.396 e. The molecule has 3 aromatic rings. The van der Waals surface area contributed by atoms with Gasteiger partial charge in [0.25, 0.3) is 0 Å². The highest BCUT2D eigenvalue weighted by atomic mass is 79.9. The standard InChI is InChI=1S/C15H11BrClN3/c16-11-7-5-10(6-8-11)15-13(18)9-20(19-15)14-4-2-1-3-12(14)17/h1-9H,18H2. The maximum absolute atomic E-state index is 6.18. The molecule has 0 bridgehead atoms. The molecule has 1 aromatic heterocycles. The number of halogens is 2. The van der Waals surface area contributed by atoms with Crippen molar-refractivity contribution in [2.75, 3.05) is 5.73 Å². The Bertz CT molecular complexity index is 750. The van der Waals surface area contributed by atoms with E-state index in [-0.39, 0.29) is 0 Å². The first kappa shape index (κ1) is 13.2. The van der Waals surface area contributed by atoms with Gasteiger partial charge in [0, 0.05) is 10.0 Å². The predicted molar refractivity (Wildman–Crippen MR) is 86.1 cm³/mol. The Morgan fingerprint density at radius 1 is 1.05 bits per heavy atom. The summed E-state index contributed by atoms with van der Waals surface area (Å²) in [5.41, 5.74) is 9.20. The Balaban J connectivity index is 2.08. The third kappa shape index (κ3) is 2.44. The molecule has 3 nitrogen and oxygen atoms in total. The lowest BCUT2D eigenvalue weighted by Crippen LogP contribution is -1.95. The highest BCUT2D eigenvalue weighted by Gasteiger charge is 2.11. The summed E-state index contributed by atoms with van der Waals surface area (Å²) in [7, 11) is 0. The number of rotatable bonds is 2. The highest BCUT2D eigenvalue weighted by Crippen LogP contribution is 2.28. The molecule has 0 radical (unpaired) electrons. The van der Waals surface area contributed by atoms with E-state index in [0.717, 1.165) is 21.4 Å². The first-order chi connectivity index (χ1) is 9.65. The molecular formula is C15H11BrClN3. The second-order valence-electron chi connectivity index (χ2n) is 4.34. The van der Waals surface area contributed by atoms with Crippen molar-refractivity contribution in [3.63, 3.8) is 0 Å². The Morgan fingerprint density at radius 3 is 2.45 bits per heavy atom. The van der Waals surface area contributed by atoms with Gasteiger partial charge in [0.2, 0.25) is 0 Å². The van der Waals surface area contributed by atoms with E-state index >= 15 is 0 Å². The van der Waals surface area contributed by atoms with Crippen LogP contribution in [0.25, 0.3) is 16.9 Å². The van der Waals surface area contributed by atoms with E-state index in [1.165, 1.54) is 0 Å². The van der Waals surface area contributed by atoms with Gasteiger partial charge in [-0.1, -0.05) is 51.8 Å². The van der Waals surface area contributed by atoms with E-state index in [9.17, 15) is 0 Å². The summed E-state index contributed by atoms with van der Waals surface area (Å²) in [6, 6.07) is 15.4. The molecule has 0 saturated heterocycles. The lowest BCUT2D eigenvalue weighted by molar-refractivity contribution is 0.885. The summed E-state index contributed by atoms with van der Waals surface area (Å²) >= 11 is 9.59. The van der Waals surface area contributed by atoms with Gasteiger partial charge in [0.05, 0.1) is 22.6 Å². The van der Waals surface area contributed by atoms with Gasteiger partial charge in [-0.25, -0.2) is 4.68 Å². The van der Waals surface area contributed by atoms with Crippen molar-refractivity contribution in [1.82, 2.24) is 9.78 Å². The van der Waals surface area contributed by atoms with Crippen molar-refractivity contribution in [2.45, 2.75) is 0 Å². The second kappa shape index (κ2) is 5.31. The van der Waals surface area contributed by atoms with Crippen LogP contribution in [0.3, 0.4) is 0 Å². The van der Waals surface area contributed by atoms with Gasteiger partial charge < -0.3 is 5.73 Å². The van der Waals surface area contributed by atoms with E-state index < -0.39 is 0 Å². The van der Waals surface area contributed by atoms with Gasteiger partial charge in [-0.3, -0.25) is 0 Å². The SMILES string of the molecule is Nc1cn(-c2ccccc2Cl)nc1-c1ccc(Br)cc1. The molecule has 0 spiro atoms. The number of anilines is 1. The van der Waals surface area contributed by atoms with Crippen molar-refractivity contribution in [3.05, 3.63) is 64.2 Å². The monoisotopic (exact) mass is 347 g/mol. The molecule has 0 saturated carbocycles. The van der Waals surface area contributed by atoms with Crippen molar-refractivity contribution in [2.24, 2.45) is 0 Å². The molecule has 2 aromatic carbocycles. The number of benzene rings is 2. The summed E-state index contributed by atoms with van der Waals surface area (Å²) in [6.07, 6.45) is 1.78. The molecule has 0 unspecified atom stereocenters. The van der Waals surface area contributed by atoms with Crippen LogP contribution in [0, 0.1) is 0 Å². The van der Waals surface area contributed by atoms with Gasteiger partial charge in [-0.05, 0) is 24.3 Å². The zero-order valence-corrected chi connectivity index (χ0v) is 12.8. The second-order valence-corrected chi connectivity index (χ2v) is 5.66. The average molecular weight is 349 g/mol. The van der Waals surface area contributed by atoms with E-state index in [4.69, 9.17) is 17.3 Å². The molecule has 100 valence electrons. The van der Waals surface area contributed by atoms with E-state index in [2.05, 4.69) is 21.0 Å². The molecule has 5 heteroatoms. The van der Waals surface area contributed by atoms with Crippen LogP contribution in [0.15, 0.2) is 59.2 Å². The quantitative estimate of drug-likeness (QED) is 0.739. The van der Waals surface area contributed by atoms with Crippen LogP contribution in [0.1, 0.15) is 0 Å². The van der Waals surface area contributed by atoms with Crippen LogP contribution in [0.5, 0.6) is 0 Å². The van der Waals surface area contributed by atoms with E-state index in [1.54, 1.807) is 10.9 Å². The van der Waals surface area contributed by atoms with Crippen molar-refractivity contribution in [1.29, 1.82) is 0 Å². The molecule has 0 aliphatic rings. The van der Waals surface area contributed by atoms with Crippen LogP contribution in [-0.2, 0) is 0 Å². The molecular weight excluding hydrogens is 338 g/mol. The summed E-state index contributed by atoms with van der Waals surface area (Å²) in [4.78, 5) is 0. The van der Waals surface area contributed by atoms with Crippen molar-refractivity contribution >= 4 is 33.2 Å². The minimum absolute atomic E-state index is 0.618. The molecule has 1 heterocycles. The third-order valence-corrected chi connectivity index (χ3v) is 3.81. The molecule has 0 aliphatic carbocycles. The lowest BCUT2D eigenvalue weighted by Gasteiger charge is -2.03. The van der Waals surface area contributed by atoms with Crippen LogP contribution in [0.4, 0.5) is 5.69 Å². The molecule has 0 amide bonds. The number of hydrogen-bond donors (Lipinski definition) is 1. The third-order valence-electron chi connectivity index (χ3n) is 2.96. The Morgan fingerprint density at radius 2 is 1.75 bits per heavy atom. The number of hydrogen-bond acceptors (Lipinski definition) is 2. The molecule has 0 atom stereocenters. The van der Waals surface area contributed by atoms with Crippen molar-refractivity contribution < 1.29 is 0 Å². The van der Waals surface area contributed by atoms with Gasteiger partial charge in [-0.2, -0.15) is 5.10 Å². The van der Waals surface area contributed by atoms with E-state index in [1.807, 2.05) is 48.5 Å². The Labute approximate surface area is 130 Å². The minimum atomic E-state index is 0.618. The topological polar surface area (TPSA) is 43.8 Å². The molecule has 0 fully saturated rings. The fraction of sp³-hybridized carbons (Fsp3) is 0. The van der Waals surface area contributed by atoms with Crippen LogP contribution in [-0.4, -0.2) is 9.78 Å². The number of aromatic nitrogens is 2. The van der Waals surface area contributed by atoms with E-state index in [0.29, 0.717) is 10.7 Å². The summed E-state index contributed by atoms with van der Waals surface area (Å²) in [5, 5.41) is 5.17. The normalized spacial score (nSPS) is 10.7. The fourth-order valence-corrected chi connectivity index (χ4v) is 2.47. The number of para-hydroxylation sites is 1. The fourth-order valence-electron chi connectivity index (χ4n) is 1.98. The first-order valence-corrected chi connectivity index (χ1v) is 7.18. The Kier molecular flexibility index (Phi) is 3.51. The largest absolute Gasteiger partial charge is 0.396 e. The zero-order chi connectivity index (χ0) is 14.1. The average Bonchev–Trinajstić information content (AvgIpc) is 2.82. The van der Waals surface area contributed by atoms with Gasteiger partial charge >= 0.3 is 0 Å². The highest BCUT2D eigenvalue weighted by molar-refractivity contribution is 9.10. The smallest absolute Gasteiger partial charge is 0.116 e. The summed E-state index contributed by atoms with van der Waals surface area (Å²) in [5.74, 6) is 0. The van der Waals surface area contributed by atoms with Gasteiger partial charge in [0.15, 0.2) is 0 Å². The van der Waals surface area contributed by atoms with Gasteiger partial charge in [-0.15, -0.1) is 0 Å².